The zero-order valence-corrected chi connectivity index (χ0v) is 10.8. The molecule has 0 atom stereocenters. The van der Waals surface area contributed by atoms with Crippen LogP contribution in [0, 0.1) is 0 Å². The number of carbonyl (C=O) groups is 1. The minimum atomic E-state index is -0.486. The van der Waals surface area contributed by atoms with Crippen LogP contribution in [0.25, 0.3) is 0 Å². The normalized spacial score (nSPS) is 12.1. The lowest BCUT2D eigenvalue weighted by Crippen LogP contribution is -2.45. The van der Waals surface area contributed by atoms with Crippen molar-refractivity contribution in [2.24, 2.45) is 0 Å². The molecule has 0 radical (unpaired) electrons. The molecule has 0 saturated carbocycles. The zero-order chi connectivity index (χ0) is 12.3. The van der Waals surface area contributed by atoms with Crippen molar-refractivity contribution in [3.8, 4) is 0 Å². The Morgan fingerprint density at radius 1 is 1.50 bits per heavy atom. The number of aryl methyl sites for hydroxylation is 1. The van der Waals surface area contributed by atoms with E-state index < -0.39 is 5.54 Å². The van der Waals surface area contributed by atoms with Crippen molar-refractivity contribution in [2.75, 3.05) is 14.1 Å². The summed E-state index contributed by atoms with van der Waals surface area (Å²) in [6.45, 7) is 6.79. The van der Waals surface area contributed by atoms with Crippen LogP contribution in [0.1, 0.15) is 37.6 Å². The molecule has 1 aromatic rings. The van der Waals surface area contributed by atoms with Crippen LogP contribution in [-0.2, 0) is 6.54 Å². The number of rotatable bonds is 5. The summed E-state index contributed by atoms with van der Waals surface area (Å²) in [4.78, 5) is 14.2. The van der Waals surface area contributed by atoms with Crippen LogP contribution in [0.15, 0.2) is 12.4 Å². The number of aromatic nitrogens is 2. The molecule has 0 aliphatic heterocycles. The number of nitrogens with zero attached hydrogens (tertiary/aromatic N) is 3. The predicted octanol–water partition coefficient (Wildman–Crippen LogP) is 1.82. The number of ketones is 1. The Kier molecular flexibility index (Phi) is 3.86. The molecule has 0 N–H and O–H groups in total. The van der Waals surface area contributed by atoms with Gasteiger partial charge in [-0.3, -0.25) is 14.4 Å². The Bertz CT molecular complexity index is 366. The molecule has 90 valence electrons. The van der Waals surface area contributed by atoms with Crippen molar-refractivity contribution in [2.45, 2.75) is 39.3 Å². The number of likely N-dealkylation sites (N-methyl/N-ethyl adjacent to an activating group) is 1. The smallest absolute Gasteiger partial charge is 0.185 e. The van der Waals surface area contributed by atoms with Gasteiger partial charge in [-0.25, -0.2) is 0 Å². The summed E-state index contributed by atoms with van der Waals surface area (Å²) in [7, 11) is 3.82. The Labute approximate surface area is 97.2 Å². The van der Waals surface area contributed by atoms with Crippen LogP contribution >= 0.6 is 0 Å². The van der Waals surface area contributed by atoms with E-state index >= 15 is 0 Å². The summed E-state index contributed by atoms with van der Waals surface area (Å²) in [5.74, 6) is 0.111. The molecule has 0 aliphatic rings. The van der Waals surface area contributed by atoms with Gasteiger partial charge in [-0.1, -0.05) is 6.92 Å². The average Bonchev–Trinajstić information content (AvgIpc) is 2.65. The molecule has 16 heavy (non-hydrogen) atoms. The van der Waals surface area contributed by atoms with Gasteiger partial charge in [0.1, 0.15) is 0 Å². The van der Waals surface area contributed by atoms with Crippen molar-refractivity contribution in [3.05, 3.63) is 18.0 Å². The van der Waals surface area contributed by atoms with Crippen LogP contribution in [0.5, 0.6) is 0 Å². The van der Waals surface area contributed by atoms with Gasteiger partial charge in [-0.15, -0.1) is 0 Å². The van der Waals surface area contributed by atoms with Gasteiger partial charge in [0.2, 0.25) is 0 Å². The molecule has 0 unspecified atom stereocenters. The lowest BCUT2D eigenvalue weighted by molar-refractivity contribution is 0.0755. The van der Waals surface area contributed by atoms with Crippen molar-refractivity contribution in [1.29, 1.82) is 0 Å². The molecule has 0 spiro atoms. The maximum Gasteiger partial charge on any atom is 0.185 e. The lowest BCUT2D eigenvalue weighted by atomic mass is 9.94. The Hall–Kier alpha value is -1.16. The molecule has 0 bridgehead atoms. The third kappa shape index (κ3) is 2.50. The largest absolute Gasteiger partial charge is 0.297 e. The minimum Gasteiger partial charge on any atom is -0.297 e. The first-order chi connectivity index (χ1) is 7.39. The van der Waals surface area contributed by atoms with E-state index in [1.54, 1.807) is 6.20 Å². The number of hydrogen-bond acceptors (Lipinski definition) is 3. The summed E-state index contributed by atoms with van der Waals surface area (Å²) >= 11 is 0. The first kappa shape index (κ1) is 12.9. The highest BCUT2D eigenvalue weighted by Gasteiger charge is 2.31. The molecular formula is C12H21N3O. The average molecular weight is 223 g/mol. The van der Waals surface area contributed by atoms with Gasteiger partial charge in [0.25, 0.3) is 0 Å². The summed E-state index contributed by atoms with van der Waals surface area (Å²) in [5.41, 5.74) is 0.201. The number of Topliss-reactive ketones (excluding diaryl/α,β-unsaturated/α-hetero) is 1. The molecular weight excluding hydrogens is 202 g/mol. The van der Waals surface area contributed by atoms with Gasteiger partial charge in [0, 0.05) is 12.7 Å². The maximum absolute atomic E-state index is 12.2. The molecule has 0 aromatic carbocycles. The van der Waals surface area contributed by atoms with Crippen LogP contribution < -0.4 is 0 Å². The van der Waals surface area contributed by atoms with Gasteiger partial charge >= 0.3 is 0 Å². The van der Waals surface area contributed by atoms with Gasteiger partial charge in [0.05, 0.1) is 17.3 Å². The quantitative estimate of drug-likeness (QED) is 0.715. The topological polar surface area (TPSA) is 38.1 Å². The predicted molar refractivity (Wildman–Crippen MR) is 64.6 cm³/mol. The van der Waals surface area contributed by atoms with E-state index in [1.165, 1.54) is 0 Å². The number of hydrogen-bond donors (Lipinski definition) is 0. The van der Waals surface area contributed by atoms with E-state index in [-0.39, 0.29) is 5.78 Å². The molecule has 4 nitrogen and oxygen atoms in total. The minimum absolute atomic E-state index is 0.111. The molecule has 4 heteroatoms. The highest BCUT2D eigenvalue weighted by molar-refractivity contribution is 6.02. The molecule has 1 heterocycles. The summed E-state index contributed by atoms with van der Waals surface area (Å²) in [6, 6.07) is 0. The highest BCUT2D eigenvalue weighted by atomic mass is 16.1. The van der Waals surface area contributed by atoms with Crippen molar-refractivity contribution >= 4 is 5.78 Å². The monoisotopic (exact) mass is 223 g/mol. The highest BCUT2D eigenvalue weighted by Crippen LogP contribution is 2.17. The van der Waals surface area contributed by atoms with E-state index in [0.29, 0.717) is 5.56 Å². The Morgan fingerprint density at radius 2 is 2.12 bits per heavy atom. The van der Waals surface area contributed by atoms with Gasteiger partial charge in [0.15, 0.2) is 5.78 Å². The van der Waals surface area contributed by atoms with Crippen molar-refractivity contribution in [1.82, 2.24) is 14.7 Å². The fraction of sp³-hybridized carbons (Fsp3) is 0.667. The van der Waals surface area contributed by atoms with E-state index in [2.05, 4.69) is 12.0 Å². The van der Waals surface area contributed by atoms with Crippen LogP contribution in [0.4, 0.5) is 0 Å². The molecule has 1 aromatic heterocycles. The Morgan fingerprint density at radius 3 is 2.62 bits per heavy atom. The van der Waals surface area contributed by atoms with Crippen LogP contribution in [0.3, 0.4) is 0 Å². The van der Waals surface area contributed by atoms with Crippen molar-refractivity contribution in [3.63, 3.8) is 0 Å². The standard InChI is InChI=1S/C12H21N3O/c1-6-7-15-9-10(8-13-15)11(16)12(2,3)14(4)5/h8-9H,6-7H2,1-5H3. The van der Waals surface area contributed by atoms with Gasteiger partial charge in [-0.05, 0) is 34.4 Å². The van der Waals surface area contributed by atoms with E-state index in [4.69, 9.17) is 0 Å². The first-order valence-corrected chi connectivity index (χ1v) is 5.64. The third-order valence-corrected chi connectivity index (χ3v) is 3.02. The fourth-order valence-electron chi connectivity index (χ4n) is 1.39. The van der Waals surface area contributed by atoms with E-state index in [0.717, 1.165) is 13.0 Å². The Balaban J connectivity index is 2.88. The van der Waals surface area contributed by atoms with E-state index in [1.807, 2.05) is 43.7 Å². The fourth-order valence-corrected chi connectivity index (χ4v) is 1.39. The summed E-state index contributed by atoms with van der Waals surface area (Å²) in [5, 5.41) is 4.18. The van der Waals surface area contributed by atoms with Gasteiger partial charge < -0.3 is 0 Å². The van der Waals surface area contributed by atoms with Crippen LogP contribution in [-0.4, -0.2) is 40.1 Å². The van der Waals surface area contributed by atoms with E-state index in [9.17, 15) is 4.79 Å². The van der Waals surface area contributed by atoms with Crippen LogP contribution in [0.2, 0.25) is 0 Å². The summed E-state index contributed by atoms with van der Waals surface area (Å²) < 4.78 is 1.82. The summed E-state index contributed by atoms with van der Waals surface area (Å²) in [6.07, 6.45) is 4.51. The van der Waals surface area contributed by atoms with Crippen molar-refractivity contribution < 1.29 is 4.79 Å². The molecule has 0 saturated heterocycles. The van der Waals surface area contributed by atoms with Gasteiger partial charge in [-0.2, -0.15) is 5.10 Å². The first-order valence-electron chi connectivity index (χ1n) is 5.64. The molecule has 0 aliphatic carbocycles. The second-order valence-corrected chi connectivity index (χ2v) is 4.77. The lowest BCUT2D eigenvalue weighted by Gasteiger charge is -2.30. The third-order valence-electron chi connectivity index (χ3n) is 3.02. The SMILES string of the molecule is CCCn1cc(C(=O)C(C)(C)N(C)C)cn1. The molecule has 0 fully saturated rings. The molecule has 1 rings (SSSR count). The molecule has 0 amide bonds. The zero-order valence-electron chi connectivity index (χ0n) is 10.8. The number of carbonyl (C=O) groups excluding carboxylic acids is 1. The second-order valence-electron chi connectivity index (χ2n) is 4.77. The second kappa shape index (κ2) is 4.78. The maximum atomic E-state index is 12.2.